The Hall–Kier alpha value is -2.15. The zero-order valence-electron chi connectivity index (χ0n) is 13.0. The summed E-state index contributed by atoms with van der Waals surface area (Å²) in [5, 5.41) is 2.76. The first-order valence-electron chi connectivity index (χ1n) is 7.55. The van der Waals surface area contributed by atoms with Crippen LogP contribution in [0.15, 0.2) is 28.0 Å². The smallest absolute Gasteiger partial charge is 0.277 e. The molecule has 0 saturated carbocycles. The lowest BCUT2D eigenvalue weighted by Gasteiger charge is -2.20. The quantitative estimate of drug-likeness (QED) is 0.861. The summed E-state index contributed by atoms with van der Waals surface area (Å²) in [6.07, 6.45) is 2.60. The number of fused-ring (bicyclic) bond motifs is 1. The maximum absolute atomic E-state index is 12.7. The minimum Gasteiger partial charge on any atom is -0.302 e. The number of nitrogens with one attached hydrogen (secondary N) is 1. The highest BCUT2D eigenvalue weighted by atomic mass is 32.2. The van der Waals surface area contributed by atoms with Gasteiger partial charge in [-0.15, -0.1) is 0 Å². The second kappa shape index (κ2) is 5.49. The van der Waals surface area contributed by atoms with Crippen molar-refractivity contribution in [3.63, 3.8) is 0 Å². The summed E-state index contributed by atoms with van der Waals surface area (Å²) >= 11 is 0. The van der Waals surface area contributed by atoms with Crippen molar-refractivity contribution in [1.82, 2.24) is 9.78 Å². The Kier molecular flexibility index (Phi) is 3.75. The van der Waals surface area contributed by atoms with E-state index in [1.807, 2.05) is 0 Å². The maximum Gasteiger partial charge on any atom is 0.277 e. The van der Waals surface area contributed by atoms with Gasteiger partial charge in [-0.25, -0.2) is 8.42 Å². The molecule has 0 unspecified atom stereocenters. The summed E-state index contributed by atoms with van der Waals surface area (Å²) in [6, 6.07) is 3.01. The van der Waals surface area contributed by atoms with E-state index in [1.54, 1.807) is 13.8 Å². The average molecular weight is 334 g/mol. The molecule has 6 nitrogen and oxygen atoms in total. The average Bonchev–Trinajstić information content (AvgIpc) is 2.88. The molecule has 0 spiro atoms. The lowest BCUT2D eigenvalue weighted by Crippen LogP contribution is -2.23. The summed E-state index contributed by atoms with van der Waals surface area (Å²) in [7, 11) is -3.26. The molecular formula is C16H18N2O4S. The van der Waals surface area contributed by atoms with Crippen LogP contribution in [-0.2, 0) is 22.8 Å². The highest BCUT2D eigenvalue weighted by Crippen LogP contribution is 2.30. The molecule has 1 aromatic carbocycles. The Bertz CT molecular complexity index is 951. The van der Waals surface area contributed by atoms with Crippen LogP contribution < -0.4 is 5.56 Å². The van der Waals surface area contributed by atoms with Crippen LogP contribution in [-0.4, -0.2) is 29.7 Å². The lowest BCUT2D eigenvalue weighted by atomic mass is 9.94. The van der Waals surface area contributed by atoms with Crippen LogP contribution in [0.3, 0.4) is 0 Å². The molecule has 7 heteroatoms. The SMILES string of the molecule is CCn1[nH]cc(C(=O)c2ccc3c(c2C)CCCS3(=O)=O)c1=O. The van der Waals surface area contributed by atoms with E-state index in [4.69, 9.17) is 0 Å². The molecule has 1 aromatic heterocycles. The van der Waals surface area contributed by atoms with E-state index in [1.165, 1.54) is 23.0 Å². The van der Waals surface area contributed by atoms with Gasteiger partial charge in [0, 0.05) is 18.3 Å². The first kappa shape index (κ1) is 15.7. The van der Waals surface area contributed by atoms with E-state index in [-0.39, 0.29) is 22.7 Å². The molecule has 1 aliphatic heterocycles. The monoisotopic (exact) mass is 334 g/mol. The van der Waals surface area contributed by atoms with Crippen LogP contribution in [0.5, 0.6) is 0 Å². The van der Waals surface area contributed by atoms with Gasteiger partial charge in [-0.3, -0.25) is 14.3 Å². The molecule has 23 heavy (non-hydrogen) atoms. The fraction of sp³-hybridized carbons (Fsp3) is 0.375. The minimum absolute atomic E-state index is 0.0774. The Balaban J connectivity index is 2.13. The van der Waals surface area contributed by atoms with Crippen LogP contribution in [0.2, 0.25) is 0 Å². The van der Waals surface area contributed by atoms with Gasteiger partial charge in [-0.05, 0) is 49.9 Å². The molecule has 0 bridgehead atoms. The van der Waals surface area contributed by atoms with Crippen LogP contribution in [0.4, 0.5) is 0 Å². The van der Waals surface area contributed by atoms with Gasteiger partial charge in [-0.1, -0.05) is 0 Å². The van der Waals surface area contributed by atoms with Gasteiger partial charge in [0.05, 0.1) is 10.6 Å². The van der Waals surface area contributed by atoms with E-state index in [2.05, 4.69) is 5.10 Å². The Morgan fingerprint density at radius 2 is 2.04 bits per heavy atom. The summed E-state index contributed by atoms with van der Waals surface area (Å²) in [6.45, 7) is 4.01. The maximum atomic E-state index is 12.7. The van der Waals surface area contributed by atoms with Crippen LogP contribution in [0.1, 0.15) is 40.4 Å². The first-order chi connectivity index (χ1) is 10.9. The van der Waals surface area contributed by atoms with Crippen molar-refractivity contribution >= 4 is 15.6 Å². The third-order valence-corrected chi connectivity index (χ3v) is 6.25. The molecule has 0 aliphatic carbocycles. The summed E-state index contributed by atoms with van der Waals surface area (Å²) in [5.74, 6) is -0.229. The number of rotatable bonds is 3. The normalized spacial score (nSPS) is 16.1. The zero-order valence-corrected chi connectivity index (χ0v) is 13.9. The van der Waals surface area contributed by atoms with Gasteiger partial charge >= 0.3 is 0 Å². The minimum atomic E-state index is -3.26. The first-order valence-corrected chi connectivity index (χ1v) is 9.20. The summed E-state index contributed by atoms with van der Waals surface area (Å²) < 4.78 is 25.6. The molecule has 0 fully saturated rings. The molecule has 3 rings (SSSR count). The van der Waals surface area contributed by atoms with Crippen LogP contribution >= 0.6 is 0 Å². The van der Waals surface area contributed by atoms with E-state index >= 15 is 0 Å². The van der Waals surface area contributed by atoms with Gasteiger partial charge in [0.15, 0.2) is 15.6 Å². The van der Waals surface area contributed by atoms with Crippen molar-refractivity contribution in [2.24, 2.45) is 0 Å². The predicted molar refractivity (Wildman–Crippen MR) is 85.7 cm³/mol. The van der Waals surface area contributed by atoms with Crippen molar-refractivity contribution < 1.29 is 13.2 Å². The number of carbonyl (C=O) groups excluding carboxylic acids is 1. The number of H-pyrrole nitrogens is 1. The van der Waals surface area contributed by atoms with Crippen molar-refractivity contribution in [1.29, 1.82) is 0 Å². The van der Waals surface area contributed by atoms with Gasteiger partial charge < -0.3 is 5.10 Å². The Labute approximate surface area is 134 Å². The van der Waals surface area contributed by atoms with Crippen molar-refractivity contribution in [3.8, 4) is 0 Å². The van der Waals surface area contributed by atoms with Crippen LogP contribution in [0, 0.1) is 6.92 Å². The molecule has 1 N–H and O–H groups in total. The van der Waals surface area contributed by atoms with E-state index in [9.17, 15) is 18.0 Å². The molecular weight excluding hydrogens is 316 g/mol. The number of ketones is 1. The number of nitrogens with zero attached hydrogens (tertiary/aromatic N) is 1. The Morgan fingerprint density at radius 3 is 2.70 bits per heavy atom. The highest BCUT2D eigenvalue weighted by molar-refractivity contribution is 7.91. The van der Waals surface area contributed by atoms with Crippen molar-refractivity contribution in [3.05, 3.63) is 50.9 Å². The fourth-order valence-corrected chi connectivity index (χ4v) is 4.73. The van der Waals surface area contributed by atoms with Gasteiger partial charge in [0.25, 0.3) is 5.56 Å². The van der Waals surface area contributed by atoms with Crippen LogP contribution in [0.25, 0.3) is 0 Å². The number of aromatic amines is 1. The van der Waals surface area contributed by atoms with Gasteiger partial charge in [-0.2, -0.15) is 0 Å². The largest absolute Gasteiger partial charge is 0.302 e. The Morgan fingerprint density at radius 1 is 1.30 bits per heavy atom. The third-order valence-electron chi connectivity index (χ3n) is 4.38. The zero-order chi connectivity index (χ0) is 16.8. The van der Waals surface area contributed by atoms with Crippen molar-refractivity contribution in [2.45, 2.75) is 38.1 Å². The number of benzene rings is 1. The number of sulfone groups is 1. The molecule has 1 aliphatic rings. The summed E-state index contributed by atoms with van der Waals surface area (Å²) in [4.78, 5) is 25.1. The molecule has 2 heterocycles. The number of hydrogen-bond donors (Lipinski definition) is 1. The van der Waals surface area contributed by atoms with Gasteiger partial charge in [0.2, 0.25) is 0 Å². The van der Waals surface area contributed by atoms with E-state index in [0.29, 0.717) is 41.0 Å². The topological polar surface area (TPSA) is 89.0 Å². The van der Waals surface area contributed by atoms with E-state index in [0.717, 1.165) is 0 Å². The van der Waals surface area contributed by atoms with E-state index < -0.39 is 9.84 Å². The molecule has 0 saturated heterocycles. The molecule has 0 amide bonds. The highest BCUT2D eigenvalue weighted by Gasteiger charge is 2.27. The lowest BCUT2D eigenvalue weighted by molar-refractivity contribution is 0.103. The molecule has 0 radical (unpaired) electrons. The molecule has 2 aromatic rings. The third kappa shape index (κ3) is 2.45. The number of hydrogen-bond acceptors (Lipinski definition) is 4. The second-order valence-corrected chi connectivity index (χ2v) is 7.78. The fourth-order valence-electron chi connectivity index (χ4n) is 3.08. The molecule has 0 atom stereocenters. The van der Waals surface area contributed by atoms with Gasteiger partial charge in [0.1, 0.15) is 5.56 Å². The summed E-state index contributed by atoms with van der Waals surface area (Å²) in [5.41, 5.74) is 1.46. The second-order valence-electron chi connectivity index (χ2n) is 5.70. The number of carbonyl (C=O) groups is 1. The number of aromatic nitrogens is 2. The number of aryl methyl sites for hydroxylation is 1. The van der Waals surface area contributed by atoms with Crippen molar-refractivity contribution in [2.75, 3.05) is 5.75 Å². The predicted octanol–water partition coefficient (Wildman–Crippen LogP) is 1.46. The standard InChI is InChI=1S/C16H18N2O4S/c1-3-18-16(20)13(9-17-18)15(19)12-6-7-14-11(10(12)2)5-4-8-23(14,21)22/h6-7,9,17H,3-5,8H2,1-2H3. The molecule has 122 valence electrons.